The summed E-state index contributed by atoms with van der Waals surface area (Å²) in [5, 5.41) is 0. The number of esters is 1. The van der Waals surface area contributed by atoms with E-state index in [1.807, 2.05) is 6.92 Å². The molecule has 0 saturated carbocycles. The summed E-state index contributed by atoms with van der Waals surface area (Å²) in [6.45, 7) is 3.96. The van der Waals surface area contributed by atoms with Crippen molar-refractivity contribution in [2.75, 3.05) is 27.8 Å². The third-order valence-corrected chi connectivity index (χ3v) is 2.98. The van der Waals surface area contributed by atoms with Crippen molar-refractivity contribution in [1.82, 2.24) is 4.90 Å². The fourth-order valence-electron chi connectivity index (χ4n) is 1.85. The number of carbonyl (C=O) groups excluding carboxylic acids is 2. The molecule has 0 aromatic heterocycles. The van der Waals surface area contributed by atoms with E-state index in [1.165, 1.54) is 17.9 Å². The lowest BCUT2D eigenvalue weighted by atomic mass is 10.2. The van der Waals surface area contributed by atoms with Crippen LogP contribution >= 0.6 is 0 Å². The first kappa shape index (κ1) is 18.5. The van der Waals surface area contributed by atoms with Crippen LogP contribution in [0.5, 0.6) is 11.5 Å². The first-order valence-electron chi connectivity index (χ1n) is 7.29. The van der Waals surface area contributed by atoms with Gasteiger partial charge in [0.2, 0.25) is 0 Å². The zero-order valence-electron chi connectivity index (χ0n) is 14.2. The third-order valence-electron chi connectivity index (χ3n) is 2.98. The second kappa shape index (κ2) is 8.82. The van der Waals surface area contributed by atoms with Crippen molar-refractivity contribution >= 4 is 18.0 Å². The normalized spacial score (nSPS) is 11.9. The average molecular weight is 321 g/mol. The number of ether oxygens (including phenoxy) is 3. The summed E-state index contributed by atoms with van der Waals surface area (Å²) in [4.78, 5) is 24.7. The highest BCUT2D eigenvalue weighted by molar-refractivity contribution is 5.90. The van der Waals surface area contributed by atoms with Gasteiger partial charge in [0.25, 0.3) is 5.91 Å². The molecule has 0 spiro atoms. The van der Waals surface area contributed by atoms with Crippen LogP contribution in [0.25, 0.3) is 6.08 Å². The predicted octanol–water partition coefficient (Wildman–Crippen LogP) is 2.13. The minimum atomic E-state index is -0.822. The zero-order valence-corrected chi connectivity index (χ0v) is 14.2. The van der Waals surface area contributed by atoms with Crippen molar-refractivity contribution in [1.29, 1.82) is 0 Å². The summed E-state index contributed by atoms with van der Waals surface area (Å²) in [5.41, 5.74) is 0.758. The highest BCUT2D eigenvalue weighted by atomic mass is 16.5. The number of nitrogens with zero attached hydrogens (tertiary/aromatic N) is 1. The van der Waals surface area contributed by atoms with Crippen molar-refractivity contribution in [2.24, 2.45) is 0 Å². The van der Waals surface area contributed by atoms with Crippen LogP contribution in [0.15, 0.2) is 24.3 Å². The maximum Gasteiger partial charge on any atom is 0.331 e. The standard InChI is InChI=1S/C17H23NO5/c1-6-22-14-9-7-13(11-15(14)21-5)8-10-16(19)23-12(2)17(20)18(3)4/h7-12H,6H2,1-5H3/b10-8+/t12-/m1/s1. The van der Waals surface area contributed by atoms with Crippen molar-refractivity contribution in [2.45, 2.75) is 20.0 Å². The number of amides is 1. The number of carbonyl (C=O) groups is 2. The number of rotatable bonds is 7. The molecule has 0 radical (unpaired) electrons. The molecule has 1 aromatic carbocycles. The summed E-state index contributed by atoms with van der Waals surface area (Å²) in [6.07, 6.45) is 2.04. The van der Waals surface area contributed by atoms with E-state index in [0.29, 0.717) is 18.1 Å². The molecule has 23 heavy (non-hydrogen) atoms. The lowest BCUT2D eigenvalue weighted by Crippen LogP contribution is -2.34. The molecule has 0 N–H and O–H groups in total. The topological polar surface area (TPSA) is 65.1 Å². The van der Waals surface area contributed by atoms with E-state index < -0.39 is 12.1 Å². The Morgan fingerprint density at radius 3 is 2.52 bits per heavy atom. The number of likely N-dealkylation sites (N-methyl/N-ethyl adjacent to an activating group) is 1. The largest absolute Gasteiger partial charge is 0.493 e. The van der Waals surface area contributed by atoms with Gasteiger partial charge in [-0.2, -0.15) is 0 Å². The van der Waals surface area contributed by atoms with Crippen LogP contribution < -0.4 is 9.47 Å². The quantitative estimate of drug-likeness (QED) is 0.568. The molecule has 1 amide bonds. The van der Waals surface area contributed by atoms with E-state index in [-0.39, 0.29) is 5.91 Å². The molecule has 0 bridgehead atoms. The molecule has 1 rings (SSSR count). The van der Waals surface area contributed by atoms with Crippen molar-refractivity contribution in [3.05, 3.63) is 29.8 Å². The lowest BCUT2D eigenvalue weighted by Gasteiger charge is -2.16. The van der Waals surface area contributed by atoms with Gasteiger partial charge in [-0.05, 0) is 37.6 Å². The fourth-order valence-corrected chi connectivity index (χ4v) is 1.85. The number of methoxy groups -OCH3 is 1. The van der Waals surface area contributed by atoms with Gasteiger partial charge in [0, 0.05) is 20.2 Å². The van der Waals surface area contributed by atoms with Gasteiger partial charge in [-0.3, -0.25) is 4.79 Å². The van der Waals surface area contributed by atoms with E-state index in [4.69, 9.17) is 14.2 Å². The Bertz CT molecular complexity index is 580. The maximum absolute atomic E-state index is 11.7. The summed E-state index contributed by atoms with van der Waals surface area (Å²) in [6, 6.07) is 5.32. The van der Waals surface area contributed by atoms with Crippen LogP contribution in [-0.4, -0.2) is 50.7 Å². The molecule has 0 aliphatic carbocycles. The van der Waals surface area contributed by atoms with Gasteiger partial charge < -0.3 is 19.1 Å². The SMILES string of the molecule is CCOc1ccc(/C=C/C(=O)O[C@H](C)C(=O)N(C)C)cc1OC. The van der Waals surface area contributed by atoms with E-state index in [2.05, 4.69) is 0 Å². The molecule has 0 aliphatic heterocycles. The molecule has 0 aliphatic rings. The summed E-state index contributed by atoms with van der Waals surface area (Å²) >= 11 is 0. The van der Waals surface area contributed by atoms with E-state index >= 15 is 0 Å². The predicted molar refractivity (Wildman–Crippen MR) is 87.4 cm³/mol. The van der Waals surface area contributed by atoms with Crippen LogP contribution in [0.3, 0.4) is 0 Å². The second-order valence-corrected chi connectivity index (χ2v) is 4.99. The minimum absolute atomic E-state index is 0.269. The average Bonchev–Trinajstić information content (AvgIpc) is 2.53. The Hall–Kier alpha value is -2.50. The highest BCUT2D eigenvalue weighted by Gasteiger charge is 2.17. The Morgan fingerprint density at radius 2 is 1.96 bits per heavy atom. The molecule has 0 fully saturated rings. The third kappa shape index (κ3) is 5.65. The first-order chi connectivity index (χ1) is 10.9. The van der Waals surface area contributed by atoms with Gasteiger partial charge >= 0.3 is 5.97 Å². The summed E-state index contributed by atoms with van der Waals surface area (Å²) in [5.74, 6) is 0.369. The molecule has 1 aromatic rings. The van der Waals surface area contributed by atoms with Gasteiger partial charge in [-0.25, -0.2) is 4.79 Å². The van der Waals surface area contributed by atoms with Gasteiger partial charge in [0.1, 0.15) is 0 Å². The van der Waals surface area contributed by atoms with Gasteiger partial charge in [0.15, 0.2) is 17.6 Å². The number of benzene rings is 1. The summed E-state index contributed by atoms with van der Waals surface area (Å²) in [7, 11) is 4.76. The Morgan fingerprint density at radius 1 is 1.26 bits per heavy atom. The number of hydrogen-bond acceptors (Lipinski definition) is 5. The van der Waals surface area contributed by atoms with Crippen LogP contribution in [0, 0.1) is 0 Å². The first-order valence-corrected chi connectivity index (χ1v) is 7.29. The molecule has 1 atom stereocenters. The molecule has 0 heterocycles. The van der Waals surface area contributed by atoms with Crippen molar-refractivity contribution < 1.29 is 23.8 Å². The van der Waals surface area contributed by atoms with Crippen LogP contribution in [0.2, 0.25) is 0 Å². The van der Waals surface area contributed by atoms with Crippen LogP contribution in [0.4, 0.5) is 0 Å². The van der Waals surface area contributed by atoms with Gasteiger partial charge in [-0.15, -0.1) is 0 Å². The molecular weight excluding hydrogens is 298 g/mol. The minimum Gasteiger partial charge on any atom is -0.493 e. The highest BCUT2D eigenvalue weighted by Crippen LogP contribution is 2.28. The van der Waals surface area contributed by atoms with Crippen LogP contribution in [0.1, 0.15) is 19.4 Å². The van der Waals surface area contributed by atoms with E-state index in [9.17, 15) is 9.59 Å². The molecule has 0 unspecified atom stereocenters. The smallest absolute Gasteiger partial charge is 0.331 e. The maximum atomic E-state index is 11.7. The van der Waals surface area contributed by atoms with E-state index in [0.717, 1.165) is 5.56 Å². The Labute approximate surface area is 136 Å². The summed E-state index contributed by atoms with van der Waals surface area (Å²) < 4.78 is 15.7. The number of hydrogen-bond donors (Lipinski definition) is 0. The van der Waals surface area contributed by atoms with Crippen molar-refractivity contribution in [3.8, 4) is 11.5 Å². The molecule has 126 valence electrons. The molecular formula is C17H23NO5. The monoisotopic (exact) mass is 321 g/mol. The van der Waals surface area contributed by atoms with Crippen molar-refractivity contribution in [3.63, 3.8) is 0 Å². The van der Waals surface area contributed by atoms with Gasteiger partial charge in [-0.1, -0.05) is 6.07 Å². The molecule has 6 heteroatoms. The van der Waals surface area contributed by atoms with Crippen LogP contribution in [-0.2, 0) is 14.3 Å². The lowest BCUT2D eigenvalue weighted by molar-refractivity contribution is -0.153. The fraction of sp³-hybridized carbons (Fsp3) is 0.412. The zero-order chi connectivity index (χ0) is 17.4. The Kier molecular flexibility index (Phi) is 7.12. The second-order valence-electron chi connectivity index (χ2n) is 4.99. The molecule has 0 saturated heterocycles. The Balaban J connectivity index is 2.73. The van der Waals surface area contributed by atoms with E-state index in [1.54, 1.807) is 45.5 Å². The molecule has 6 nitrogen and oxygen atoms in total. The van der Waals surface area contributed by atoms with Gasteiger partial charge in [0.05, 0.1) is 13.7 Å².